The molecule has 4 nitrogen and oxygen atoms in total. The minimum atomic E-state index is -0.290. The second-order valence-electron chi connectivity index (χ2n) is 4.45. The third-order valence-electron chi connectivity index (χ3n) is 2.97. The summed E-state index contributed by atoms with van der Waals surface area (Å²) in [6.07, 6.45) is 0.643. The molecule has 5 heteroatoms. The van der Waals surface area contributed by atoms with Crippen LogP contribution < -0.4 is 5.32 Å². The average molecular weight is 271 g/mol. The molecule has 0 aliphatic heterocycles. The van der Waals surface area contributed by atoms with Crippen LogP contribution in [0.15, 0.2) is 5.38 Å². The van der Waals surface area contributed by atoms with Crippen LogP contribution in [0.25, 0.3) is 0 Å². The highest BCUT2D eigenvalue weighted by Crippen LogP contribution is 2.07. The summed E-state index contributed by atoms with van der Waals surface area (Å²) >= 11 is 1.69. The van der Waals surface area contributed by atoms with Crippen LogP contribution in [0.1, 0.15) is 24.5 Å². The van der Waals surface area contributed by atoms with Gasteiger partial charge in [0.1, 0.15) is 0 Å². The number of hydrogen-bond acceptors (Lipinski definition) is 5. The maximum absolute atomic E-state index is 9.87. The number of rotatable bonds is 9. The molecule has 1 atom stereocenters. The Morgan fingerprint density at radius 2 is 2.17 bits per heavy atom. The van der Waals surface area contributed by atoms with E-state index in [0.717, 1.165) is 43.3 Å². The van der Waals surface area contributed by atoms with Crippen molar-refractivity contribution < 1.29 is 5.11 Å². The quantitative estimate of drug-likeness (QED) is 0.665. The van der Waals surface area contributed by atoms with Gasteiger partial charge in [0.25, 0.3) is 0 Å². The average Bonchev–Trinajstić information content (AvgIpc) is 2.77. The minimum Gasteiger partial charge on any atom is -0.390 e. The van der Waals surface area contributed by atoms with E-state index in [4.69, 9.17) is 0 Å². The number of likely N-dealkylation sites (N-methyl/N-ethyl adjacent to an activating group) is 1. The van der Waals surface area contributed by atoms with E-state index in [-0.39, 0.29) is 6.10 Å². The molecule has 0 aliphatic carbocycles. The van der Waals surface area contributed by atoms with Crippen LogP contribution in [0, 0.1) is 6.92 Å². The zero-order chi connectivity index (χ0) is 13.4. The fourth-order valence-electron chi connectivity index (χ4n) is 1.85. The SMILES string of the molecule is CCN(CC)CC(O)CNCCc1csc(C)n1. The van der Waals surface area contributed by atoms with Crippen molar-refractivity contribution in [2.24, 2.45) is 0 Å². The van der Waals surface area contributed by atoms with Gasteiger partial charge in [-0.25, -0.2) is 4.98 Å². The number of aromatic nitrogens is 1. The maximum atomic E-state index is 9.87. The second-order valence-corrected chi connectivity index (χ2v) is 5.51. The van der Waals surface area contributed by atoms with Gasteiger partial charge >= 0.3 is 0 Å². The fourth-order valence-corrected chi connectivity index (χ4v) is 2.50. The summed E-state index contributed by atoms with van der Waals surface area (Å²) in [7, 11) is 0. The standard InChI is InChI=1S/C13H25N3OS/c1-4-16(5-2)9-13(17)8-14-7-6-12-10-18-11(3)15-12/h10,13-14,17H,4-9H2,1-3H3. The van der Waals surface area contributed by atoms with Gasteiger partial charge in [-0.05, 0) is 20.0 Å². The van der Waals surface area contributed by atoms with Gasteiger partial charge in [0.05, 0.1) is 16.8 Å². The van der Waals surface area contributed by atoms with Crippen LogP contribution in [0.2, 0.25) is 0 Å². The number of hydrogen-bond donors (Lipinski definition) is 2. The normalized spacial score (nSPS) is 13.2. The van der Waals surface area contributed by atoms with Crippen molar-refractivity contribution in [3.8, 4) is 0 Å². The first kappa shape index (κ1) is 15.6. The van der Waals surface area contributed by atoms with Crippen molar-refractivity contribution in [2.45, 2.75) is 33.3 Å². The summed E-state index contributed by atoms with van der Waals surface area (Å²) in [6, 6.07) is 0. The van der Waals surface area contributed by atoms with Crippen LogP contribution in [0.5, 0.6) is 0 Å². The summed E-state index contributed by atoms with van der Waals surface area (Å²) < 4.78 is 0. The molecular weight excluding hydrogens is 246 g/mol. The number of nitrogens with one attached hydrogen (secondary N) is 1. The Balaban J connectivity index is 2.10. The van der Waals surface area contributed by atoms with Crippen LogP contribution in [-0.4, -0.2) is 53.8 Å². The van der Waals surface area contributed by atoms with Gasteiger partial charge in [0, 0.05) is 31.4 Å². The maximum Gasteiger partial charge on any atom is 0.0897 e. The number of aliphatic hydroxyl groups is 1. The van der Waals surface area contributed by atoms with Crippen LogP contribution in [-0.2, 0) is 6.42 Å². The lowest BCUT2D eigenvalue weighted by Gasteiger charge is -2.21. The lowest BCUT2D eigenvalue weighted by atomic mass is 10.3. The highest BCUT2D eigenvalue weighted by atomic mass is 32.1. The minimum absolute atomic E-state index is 0.290. The zero-order valence-corrected chi connectivity index (χ0v) is 12.5. The van der Waals surface area contributed by atoms with Gasteiger partial charge < -0.3 is 15.3 Å². The molecule has 1 aromatic rings. The van der Waals surface area contributed by atoms with E-state index in [1.807, 2.05) is 6.92 Å². The van der Waals surface area contributed by atoms with Crippen LogP contribution in [0.4, 0.5) is 0 Å². The van der Waals surface area contributed by atoms with E-state index in [0.29, 0.717) is 6.54 Å². The van der Waals surface area contributed by atoms with Crippen molar-refractivity contribution >= 4 is 11.3 Å². The third kappa shape index (κ3) is 5.91. The number of nitrogens with zero attached hydrogens (tertiary/aromatic N) is 2. The summed E-state index contributed by atoms with van der Waals surface area (Å²) in [6.45, 7) is 10.5. The Morgan fingerprint density at radius 1 is 1.44 bits per heavy atom. The van der Waals surface area contributed by atoms with Gasteiger partial charge in [-0.2, -0.15) is 0 Å². The molecule has 0 aliphatic rings. The summed E-state index contributed by atoms with van der Waals surface area (Å²) in [5, 5.41) is 16.4. The molecule has 18 heavy (non-hydrogen) atoms. The van der Waals surface area contributed by atoms with Crippen molar-refractivity contribution in [2.75, 3.05) is 32.7 Å². The molecule has 0 fully saturated rings. The van der Waals surface area contributed by atoms with Gasteiger partial charge in [-0.15, -0.1) is 11.3 Å². The van der Waals surface area contributed by atoms with E-state index in [9.17, 15) is 5.11 Å². The lowest BCUT2D eigenvalue weighted by molar-refractivity contribution is 0.117. The Morgan fingerprint density at radius 3 is 2.72 bits per heavy atom. The molecule has 0 saturated heterocycles. The first-order valence-corrected chi connectivity index (χ1v) is 7.55. The first-order valence-electron chi connectivity index (χ1n) is 6.67. The highest BCUT2D eigenvalue weighted by molar-refractivity contribution is 7.09. The Labute approximate surface area is 114 Å². The molecule has 0 radical (unpaired) electrons. The molecule has 0 spiro atoms. The predicted molar refractivity (Wildman–Crippen MR) is 77.2 cm³/mol. The summed E-state index contributed by atoms with van der Waals surface area (Å²) in [4.78, 5) is 6.64. The largest absolute Gasteiger partial charge is 0.390 e. The van der Waals surface area contributed by atoms with Crippen LogP contribution in [0.3, 0.4) is 0 Å². The Bertz CT molecular complexity index is 326. The molecule has 1 heterocycles. The third-order valence-corrected chi connectivity index (χ3v) is 3.79. The second kappa shape index (κ2) is 8.58. The van der Waals surface area contributed by atoms with Crippen molar-refractivity contribution in [1.29, 1.82) is 0 Å². The lowest BCUT2D eigenvalue weighted by Crippen LogP contribution is -2.38. The zero-order valence-electron chi connectivity index (χ0n) is 11.6. The van der Waals surface area contributed by atoms with E-state index >= 15 is 0 Å². The molecular formula is C13H25N3OS. The van der Waals surface area contributed by atoms with Crippen molar-refractivity contribution in [3.63, 3.8) is 0 Å². The Hall–Kier alpha value is -0.490. The molecule has 104 valence electrons. The monoisotopic (exact) mass is 271 g/mol. The van der Waals surface area contributed by atoms with E-state index < -0.39 is 0 Å². The summed E-state index contributed by atoms with van der Waals surface area (Å²) in [5.74, 6) is 0. The van der Waals surface area contributed by atoms with Gasteiger partial charge in [-0.1, -0.05) is 13.8 Å². The molecule has 2 N–H and O–H groups in total. The molecule has 0 bridgehead atoms. The Kier molecular flexibility index (Phi) is 7.42. The van der Waals surface area contributed by atoms with Crippen molar-refractivity contribution in [3.05, 3.63) is 16.1 Å². The number of aliphatic hydroxyl groups excluding tert-OH is 1. The molecule has 0 amide bonds. The first-order chi connectivity index (χ1) is 8.65. The van der Waals surface area contributed by atoms with E-state index in [1.165, 1.54) is 0 Å². The molecule has 1 rings (SSSR count). The molecule has 0 saturated carbocycles. The molecule has 1 aromatic heterocycles. The summed E-state index contributed by atoms with van der Waals surface area (Å²) in [5.41, 5.74) is 1.14. The van der Waals surface area contributed by atoms with Gasteiger partial charge in [0.15, 0.2) is 0 Å². The van der Waals surface area contributed by atoms with E-state index in [2.05, 4.69) is 34.4 Å². The molecule has 0 aromatic carbocycles. The number of thiazole rings is 1. The van der Waals surface area contributed by atoms with Gasteiger partial charge in [-0.3, -0.25) is 0 Å². The van der Waals surface area contributed by atoms with Crippen molar-refractivity contribution in [1.82, 2.24) is 15.2 Å². The van der Waals surface area contributed by atoms with E-state index in [1.54, 1.807) is 11.3 Å². The fraction of sp³-hybridized carbons (Fsp3) is 0.769. The highest BCUT2D eigenvalue weighted by Gasteiger charge is 2.08. The predicted octanol–water partition coefficient (Wildman–Crippen LogP) is 1.29. The smallest absolute Gasteiger partial charge is 0.0897 e. The van der Waals surface area contributed by atoms with Gasteiger partial charge in [0.2, 0.25) is 0 Å². The number of aryl methyl sites for hydroxylation is 1. The molecule has 1 unspecified atom stereocenters. The topological polar surface area (TPSA) is 48.4 Å². The van der Waals surface area contributed by atoms with Crippen LogP contribution >= 0.6 is 11.3 Å².